The number of phenolic OH excluding ortho intramolecular Hbond substituents is 1. The smallest absolute Gasteiger partial charge is 0.314 e. The van der Waals surface area contributed by atoms with Gasteiger partial charge in [-0.1, -0.05) is 12.1 Å². The summed E-state index contributed by atoms with van der Waals surface area (Å²) in [5.41, 5.74) is 2.56. The Labute approximate surface area is 136 Å². The predicted molar refractivity (Wildman–Crippen MR) is 89.0 cm³/mol. The van der Waals surface area contributed by atoms with Crippen LogP contribution < -0.4 is 10.6 Å². The van der Waals surface area contributed by atoms with Crippen molar-refractivity contribution in [3.63, 3.8) is 0 Å². The second-order valence-electron chi connectivity index (χ2n) is 4.91. The third-order valence-electron chi connectivity index (χ3n) is 2.98. The Hall–Kier alpha value is -2.34. The maximum atomic E-state index is 11.9. The summed E-state index contributed by atoms with van der Waals surface area (Å²) in [5.74, 6) is -1.76. The van der Waals surface area contributed by atoms with Crippen LogP contribution in [0.2, 0.25) is 0 Å². The van der Waals surface area contributed by atoms with Crippen LogP contribution in [0, 0.1) is 13.8 Å². The van der Waals surface area contributed by atoms with Crippen molar-refractivity contribution in [2.45, 2.75) is 13.8 Å². The molecule has 0 spiro atoms. The quantitative estimate of drug-likeness (QED) is 0.566. The number of anilines is 2. The zero-order valence-corrected chi connectivity index (χ0v) is 13.7. The molecule has 0 saturated heterocycles. The van der Waals surface area contributed by atoms with Gasteiger partial charge in [0.15, 0.2) is 0 Å². The molecule has 6 heteroatoms. The van der Waals surface area contributed by atoms with E-state index in [0.29, 0.717) is 10.2 Å². The maximum Gasteiger partial charge on any atom is 0.314 e. The van der Waals surface area contributed by atoms with E-state index in [0.717, 1.165) is 11.1 Å². The minimum Gasteiger partial charge on any atom is -0.506 e. The number of aryl methyl sites for hydroxylation is 2. The monoisotopic (exact) mass is 362 g/mol. The molecule has 0 aromatic heterocycles. The minimum atomic E-state index is -0.855. The van der Waals surface area contributed by atoms with Crippen molar-refractivity contribution < 1.29 is 14.7 Å². The number of halogens is 1. The first-order valence-corrected chi connectivity index (χ1v) is 7.34. The molecule has 0 bridgehead atoms. The highest BCUT2D eigenvalue weighted by atomic mass is 79.9. The topological polar surface area (TPSA) is 78.4 Å². The van der Waals surface area contributed by atoms with Crippen LogP contribution in [0.3, 0.4) is 0 Å². The van der Waals surface area contributed by atoms with E-state index in [2.05, 4.69) is 26.6 Å². The van der Waals surface area contributed by atoms with E-state index < -0.39 is 11.8 Å². The van der Waals surface area contributed by atoms with Gasteiger partial charge in [-0.25, -0.2) is 0 Å². The van der Waals surface area contributed by atoms with Gasteiger partial charge in [0.05, 0.1) is 11.4 Å². The van der Waals surface area contributed by atoms with Gasteiger partial charge in [0, 0.05) is 4.47 Å². The molecule has 22 heavy (non-hydrogen) atoms. The molecule has 0 aliphatic rings. The molecule has 114 valence electrons. The molecule has 0 saturated carbocycles. The van der Waals surface area contributed by atoms with Crippen LogP contribution in [0.15, 0.2) is 40.9 Å². The maximum absolute atomic E-state index is 11.9. The molecule has 0 radical (unpaired) electrons. The number of hydrogen-bond acceptors (Lipinski definition) is 3. The first-order valence-electron chi connectivity index (χ1n) is 6.55. The lowest BCUT2D eigenvalue weighted by atomic mass is 10.2. The van der Waals surface area contributed by atoms with Crippen molar-refractivity contribution in [3.05, 3.63) is 52.0 Å². The van der Waals surface area contributed by atoms with E-state index in [1.165, 1.54) is 12.1 Å². The van der Waals surface area contributed by atoms with Crippen molar-refractivity contribution in [2.24, 2.45) is 0 Å². The zero-order valence-electron chi connectivity index (χ0n) is 12.1. The van der Waals surface area contributed by atoms with Crippen LogP contribution in [0.1, 0.15) is 11.1 Å². The summed E-state index contributed by atoms with van der Waals surface area (Å²) in [4.78, 5) is 23.8. The van der Waals surface area contributed by atoms with Gasteiger partial charge in [-0.2, -0.15) is 0 Å². The average molecular weight is 363 g/mol. The molecular weight excluding hydrogens is 348 g/mol. The van der Waals surface area contributed by atoms with Gasteiger partial charge < -0.3 is 15.7 Å². The Kier molecular flexibility index (Phi) is 4.82. The predicted octanol–water partition coefficient (Wildman–Crippen LogP) is 3.35. The van der Waals surface area contributed by atoms with Crippen molar-refractivity contribution in [3.8, 4) is 5.75 Å². The summed E-state index contributed by atoms with van der Waals surface area (Å²) in [6.07, 6.45) is 0. The SMILES string of the molecule is Cc1ccc(NC(=O)C(=O)Nc2ccc(C)cc2Br)c(O)c1. The van der Waals surface area contributed by atoms with Gasteiger partial charge in [-0.15, -0.1) is 0 Å². The Morgan fingerprint density at radius 3 is 1.95 bits per heavy atom. The Balaban J connectivity index is 2.07. The normalized spacial score (nSPS) is 10.1. The van der Waals surface area contributed by atoms with Crippen LogP contribution in [0.25, 0.3) is 0 Å². The first-order chi connectivity index (χ1) is 10.4. The summed E-state index contributed by atoms with van der Waals surface area (Å²) < 4.78 is 0.687. The molecule has 0 unspecified atom stereocenters. The molecular formula is C16H15BrN2O3. The van der Waals surface area contributed by atoms with Crippen LogP contribution >= 0.6 is 15.9 Å². The fourth-order valence-corrected chi connectivity index (χ4v) is 2.42. The fraction of sp³-hybridized carbons (Fsp3) is 0.125. The van der Waals surface area contributed by atoms with E-state index in [4.69, 9.17) is 0 Å². The number of carbonyl (C=O) groups is 2. The second kappa shape index (κ2) is 6.62. The molecule has 3 N–H and O–H groups in total. The van der Waals surface area contributed by atoms with Crippen molar-refractivity contribution in [1.82, 2.24) is 0 Å². The molecule has 2 amide bonds. The number of carbonyl (C=O) groups excluding carboxylic acids is 2. The second-order valence-corrected chi connectivity index (χ2v) is 5.77. The average Bonchev–Trinajstić information content (AvgIpc) is 2.44. The van der Waals surface area contributed by atoms with E-state index in [1.807, 2.05) is 26.0 Å². The lowest BCUT2D eigenvalue weighted by Gasteiger charge is -2.10. The number of nitrogens with one attached hydrogen (secondary N) is 2. The summed E-state index contributed by atoms with van der Waals surface area (Å²) in [6, 6.07) is 10.1. The molecule has 0 aliphatic heterocycles. The van der Waals surface area contributed by atoms with E-state index in [9.17, 15) is 14.7 Å². The number of aromatic hydroxyl groups is 1. The zero-order chi connectivity index (χ0) is 16.3. The van der Waals surface area contributed by atoms with Gasteiger partial charge in [-0.05, 0) is 65.2 Å². The molecule has 2 rings (SSSR count). The summed E-state index contributed by atoms with van der Waals surface area (Å²) >= 11 is 3.32. The molecule has 0 heterocycles. The number of amides is 2. The van der Waals surface area contributed by atoms with Crippen LogP contribution in [-0.2, 0) is 9.59 Å². The Morgan fingerprint density at radius 2 is 1.41 bits per heavy atom. The lowest BCUT2D eigenvalue weighted by Crippen LogP contribution is -2.29. The highest BCUT2D eigenvalue weighted by molar-refractivity contribution is 9.10. The number of rotatable bonds is 2. The minimum absolute atomic E-state index is 0.0855. The van der Waals surface area contributed by atoms with Crippen LogP contribution in [0.4, 0.5) is 11.4 Å². The molecule has 2 aromatic rings. The highest BCUT2D eigenvalue weighted by Gasteiger charge is 2.16. The van der Waals surface area contributed by atoms with Gasteiger partial charge in [0.2, 0.25) is 0 Å². The third kappa shape index (κ3) is 3.85. The van der Waals surface area contributed by atoms with Gasteiger partial charge >= 0.3 is 11.8 Å². The number of hydrogen-bond donors (Lipinski definition) is 3. The summed E-state index contributed by atoms with van der Waals surface area (Å²) in [6.45, 7) is 3.73. The van der Waals surface area contributed by atoms with Crippen LogP contribution in [-0.4, -0.2) is 16.9 Å². The van der Waals surface area contributed by atoms with Crippen molar-refractivity contribution in [1.29, 1.82) is 0 Å². The molecule has 2 aromatic carbocycles. The molecule has 0 fully saturated rings. The van der Waals surface area contributed by atoms with Crippen LogP contribution in [0.5, 0.6) is 5.75 Å². The standard InChI is InChI=1S/C16H15BrN2O3/c1-9-3-5-12(11(17)7-9)18-15(21)16(22)19-13-6-4-10(2)8-14(13)20/h3-8,20H,1-2H3,(H,18,21)(H,19,22). The Morgan fingerprint density at radius 1 is 0.909 bits per heavy atom. The number of benzene rings is 2. The fourth-order valence-electron chi connectivity index (χ4n) is 1.83. The van der Waals surface area contributed by atoms with E-state index in [-0.39, 0.29) is 11.4 Å². The largest absolute Gasteiger partial charge is 0.506 e. The summed E-state index contributed by atoms with van der Waals surface area (Å²) in [7, 11) is 0. The van der Waals surface area contributed by atoms with Gasteiger partial charge in [-0.3, -0.25) is 9.59 Å². The Bertz CT molecular complexity index is 681. The lowest BCUT2D eigenvalue weighted by molar-refractivity contribution is -0.133. The van der Waals surface area contributed by atoms with Gasteiger partial charge in [0.25, 0.3) is 0 Å². The van der Waals surface area contributed by atoms with Gasteiger partial charge in [0.1, 0.15) is 5.75 Å². The molecule has 5 nitrogen and oxygen atoms in total. The van der Waals surface area contributed by atoms with E-state index >= 15 is 0 Å². The van der Waals surface area contributed by atoms with E-state index in [1.54, 1.807) is 12.1 Å². The molecule has 0 atom stereocenters. The molecule has 0 aliphatic carbocycles. The van der Waals surface area contributed by atoms with Crippen molar-refractivity contribution >= 4 is 39.1 Å². The first kappa shape index (κ1) is 16.0. The summed E-state index contributed by atoms with van der Waals surface area (Å²) in [5, 5.41) is 14.6. The van der Waals surface area contributed by atoms with Crippen molar-refractivity contribution in [2.75, 3.05) is 10.6 Å². The number of phenols is 1. The highest BCUT2D eigenvalue weighted by Crippen LogP contribution is 2.25. The third-order valence-corrected chi connectivity index (χ3v) is 3.64.